The number of piperazine rings is 1. The maximum atomic E-state index is 13.1. The van der Waals surface area contributed by atoms with Gasteiger partial charge in [0.25, 0.3) is 5.91 Å². The molecule has 0 saturated carbocycles. The van der Waals surface area contributed by atoms with Crippen LogP contribution in [0, 0.1) is 13.8 Å². The van der Waals surface area contributed by atoms with E-state index in [4.69, 9.17) is 0 Å². The Hall–Kier alpha value is -3.32. The highest BCUT2D eigenvalue weighted by Gasteiger charge is 2.25. The van der Waals surface area contributed by atoms with Gasteiger partial charge in [-0.2, -0.15) is 0 Å². The molecule has 0 unspecified atom stereocenters. The monoisotopic (exact) mass is 429 g/mol. The third kappa shape index (κ3) is 3.77. The Balaban J connectivity index is 1.27. The molecule has 1 fully saturated rings. The van der Waals surface area contributed by atoms with Crippen molar-refractivity contribution in [2.75, 3.05) is 31.1 Å². The molecule has 1 amide bonds. The van der Waals surface area contributed by atoms with Gasteiger partial charge in [-0.25, -0.2) is 9.97 Å². The number of aryl methyl sites for hydroxylation is 2. The number of anilines is 1. The van der Waals surface area contributed by atoms with Gasteiger partial charge in [-0.1, -0.05) is 24.3 Å². The van der Waals surface area contributed by atoms with Crippen LogP contribution in [-0.4, -0.2) is 51.9 Å². The average molecular weight is 430 g/mol. The van der Waals surface area contributed by atoms with Gasteiger partial charge in [-0.05, 0) is 37.4 Å². The smallest absolute Gasteiger partial charge is 0.273 e. The SMILES string of the molecule is Cc1nc(-c2ccc(N3CCN(C(=O)c4nccc5ccccc45)CC3)nc2)sc1C. The Morgan fingerprint density at radius 1 is 0.968 bits per heavy atom. The number of thiazole rings is 1. The summed E-state index contributed by atoms with van der Waals surface area (Å²) in [7, 11) is 0. The minimum absolute atomic E-state index is 0.00531. The first kappa shape index (κ1) is 19.6. The molecule has 1 aliphatic rings. The highest BCUT2D eigenvalue weighted by Crippen LogP contribution is 2.28. The molecule has 0 aliphatic carbocycles. The molecule has 0 radical (unpaired) electrons. The fourth-order valence-corrected chi connectivity index (χ4v) is 4.78. The topological polar surface area (TPSA) is 62.2 Å². The van der Waals surface area contributed by atoms with E-state index in [1.165, 1.54) is 4.88 Å². The second kappa shape index (κ2) is 8.07. The highest BCUT2D eigenvalue weighted by molar-refractivity contribution is 7.15. The second-order valence-electron chi connectivity index (χ2n) is 7.73. The fourth-order valence-electron chi connectivity index (χ4n) is 3.87. The van der Waals surface area contributed by atoms with Gasteiger partial charge in [-0.3, -0.25) is 9.78 Å². The molecule has 0 N–H and O–H groups in total. The van der Waals surface area contributed by atoms with Gasteiger partial charge >= 0.3 is 0 Å². The van der Waals surface area contributed by atoms with E-state index in [1.807, 2.05) is 54.4 Å². The van der Waals surface area contributed by atoms with Crippen LogP contribution in [0.25, 0.3) is 21.3 Å². The highest BCUT2D eigenvalue weighted by atomic mass is 32.1. The number of aromatic nitrogens is 3. The van der Waals surface area contributed by atoms with E-state index in [1.54, 1.807) is 17.5 Å². The molecule has 1 aliphatic heterocycles. The van der Waals surface area contributed by atoms with Crippen LogP contribution in [0.1, 0.15) is 21.1 Å². The van der Waals surface area contributed by atoms with Crippen LogP contribution in [-0.2, 0) is 0 Å². The quantitative estimate of drug-likeness (QED) is 0.485. The lowest BCUT2D eigenvalue weighted by molar-refractivity contribution is 0.0743. The van der Waals surface area contributed by atoms with E-state index in [0.717, 1.165) is 45.9 Å². The van der Waals surface area contributed by atoms with Gasteiger partial charge in [0.15, 0.2) is 0 Å². The van der Waals surface area contributed by atoms with E-state index < -0.39 is 0 Å². The van der Waals surface area contributed by atoms with Gasteiger partial charge in [0.1, 0.15) is 16.5 Å². The number of hydrogen-bond donors (Lipinski definition) is 0. The number of carbonyl (C=O) groups is 1. The summed E-state index contributed by atoms with van der Waals surface area (Å²) in [5.41, 5.74) is 2.65. The van der Waals surface area contributed by atoms with E-state index in [2.05, 4.69) is 32.8 Å². The van der Waals surface area contributed by atoms with Crippen molar-refractivity contribution in [2.45, 2.75) is 13.8 Å². The van der Waals surface area contributed by atoms with Gasteiger partial charge in [-0.15, -0.1) is 11.3 Å². The number of rotatable bonds is 3. The third-order valence-corrected chi connectivity index (χ3v) is 6.91. The maximum Gasteiger partial charge on any atom is 0.273 e. The van der Waals surface area contributed by atoms with Crippen molar-refractivity contribution in [3.05, 3.63) is 71.1 Å². The first-order valence-electron chi connectivity index (χ1n) is 10.4. The Morgan fingerprint density at radius 2 is 1.77 bits per heavy atom. The summed E-state index contributed by atoms with van der Waals surface area (Å²) in [6.45, 7) is 6.92. The molecule has 1 aromatic carbocycles. The molecule has 3 aromatic heterocycles. The van der Waals surface area contributed by atoms with E-state index >= 15 is 0 Å². The summed E-state index contributed by atoms with van der Waals surface area (Å²) in [4.78, 5) is 32.1. The fraction of sp³-hybridized carbons (Fsp3) is 0.250. The number of benzene rings is 1. The van der Waals surface area contributed by atoms with Crippen LogP contribution in [0.5, 0.6) is 0 Å². The number of fused-ring (bicyclic) bond motifs is 1. The van der Waals surface area contributed by atoms with Gasteiger partial charge < -0.3 is 9.80 Å². The van der Waals surface area contributed by atoms with Crippen molar-refractivity contribution in [3.63, 3.8) is 0 Å². The first-order chi connectivity index (χ1) is 15.1. The summed E-state index contributed by atoms with van der Waals surface area (Å²) in [5, 5.41) is 2.95. The summed E-state index contributed by atoms with van der Waals surface area (Å²) in [6.07, 6.45) is 3.60. The average Bonchev–Trinajstić information content (AvgIpc) is 3.16. The van der Waals surface area contributed by atoms with E-state index in [9.17, 15) is 4.79 Å². The van der Waals surface area contributed by atoms with Crippen LogP contribution in [0.2, 0.25) is 0 Å². The first-order valence-corrected chi connectivity index (χ1v) is 11.2. The number of hydrogen-bond acceptors (Lipinski definition) is 6. The van der Waals surface area contributed by atoms with Crippen LogP contribution >= 0.6 is 11.3 Å². The van der Waals surface area contributed by atoms with E-state index in [0.29, 0.717) is 18.8 Å². The summed E-state index contributed by atoms with van der Waals surface area (Å²) < 4.78 is 0. The molecular formula is C24H23N5OS. The lowest BCUT2D eigenvalue weighted by Crippen LogP contribution is -2.49. The number of nitrogens with zero attached hydrogens (tertiary/aromatic N) is 5. The lowest BCUT2D eigenvalue weighted by Gasteiger charge is -2.35. The van der Waals surface area contributed by atoms with Crippen LogP contribution in [0.3, 0.4) is 0 Å². The maximum absolute atomic E-state index is 13.1. The minimum Gasteiger partial charge on any atom is -0.353 e. The van der Waals surface area contributed by atoms with Crippen LogP contribution in [0.4, 0.5) is 5.82 Å². The largest absolute Gasteiger partial charge is 0.353 e. The molecule has 1 saturated heterocycles. The Kier molecular flexibility index (Phi) is 5.11. The third-order valence-electron chi connectivity index (χ3n) is 5.79. The molecule has 0 spiro atoms. The molecule has 7 heteroatoms. The summed E-state index contributed by atoms with van der Waals surface area (Å²) >= 11 is 1.70. The van der Waals surface area contributed by atoms with Crippen molar-refractivity contribution in [2.24, 2.45) is 0 Å². The van der Waals surface area contributed by atoms with Crippen LogP contribution < -0.4 is 4.90 Å². The zero-order valence-electron chi connectivity index (χ0n) is 17.6. The Bertz CT molecular complexity index is 1220. The van der Waals surface area contributed by atoms with Crippen molar-refractivity contribution >= 4 is 33.8 Å². The predicted octanol–water partition coefficient (Wildman–Crippen LogP) is 4.33. The molecule has 156 valence electrons. The van der Waals surface area contributed by atoms with Gasteiger partial charge in [0, 0.05) is 54.4 Å². The van der Waals surface area contributed by atoms with Crippen molar-refractivity contribution in [1.82, 2.24) is 19.9 Å². The molecule has 5 rings (SSSR count). The van der Waals surface area contributed by atoms with Gasteiger partial charge in [0.2, 0.25) is 0 Å². The minimum atomic E-state index is -0.00531. The number of carbonyl (C=O) groups excluding carboxylic acids is 1. The van der Waals surface area contributed by atoms with Gasteiger partial charge in [0.05, 0.1) is 5.69 Å². The zero-order chi connectivity index (χ0) is 21.4. The van der Waals surface area contributed by atoms with Crippen molar-refractivity contribution < 1.29 is 4.79 Å². The molecule has 31 heavy (non-hydrogen) atoms. The molecule has 6 nitrogen and oxygen atoms in total. The summed E-state index contributed by atoms with van der Waals surface area (Å²) in [6, 6.07) is 14.0. The number of amides is 1. The molecule has 0 atom stereocenters. The zero-order valence-corrected chi connectivity index (χ0v) is 18.4. The molecule has 0 bridgehead atoms. The Labute approximate surface area is 185 Å². The lowest BCUT2D eigenvalue weighted by atomic mass is 10.1. The molecular weight excluding hydrogens is 406 g/mol. The number of pyridine rings is 2. The predicted molar refractivity (Wildman–Crippen MR) is 125 cm³/mol. The van der Waals surface area contributed by atoms with Crippen molar-refractivity contribution in [1.29, 1.82) is 0 Å². The van der Waals surface area contributed by atoms with Crippen LogP contribution in [0.15, 0.2) is 54.9 Å². The van der Waals surface area contributed by atoms with Crippen molar-refractivity contribution in [3.8, 4) is 10.6 Å². The second-order valence-corrected chi connectivity index (χ2v) is 8.93. The normalized spacial score (nSPS) is 14.3. The standard InChI is InChI=1S/C24H23N5OS/c1-16-17(2)31-23(27-16)19-7-8-21(26-15-19)28-11-13-29(14-12-28)24(30)22-20-6-4-3-5-18(20)9-10-25-22/h3-10,15H,11-14H2,1-2H3. The van der Waals surface area contributed by atoms with E-state index in [-0.39, 0.29) is 5.91 Å². The Morgan fingerprint density at radius 3 is 2.48 bits per heavy atom. The summed E-state index contributed by atoms with van der Waals surface area (Å²) in [5.74, 6) is 0.929. The molecule has 4 heterocycles. The molecule has 4 aromatic rings.